The average Bonchev–Trinajstić information content (AvgIpc) is 2.44. The van der Waals surface area contributed by atoms with Crippen molar-refractivity contribution in [2.75, 3.05) is 25.0 Å². The van der Waals surface area contributed by atoms with E-state index in [0.29, 0.717) is 12.2 Å². The molecule has 0 aromatic carbocycles. The van der Waals surface area contributed by atoms with Crippen molar-refractivity contribution in [2.24, 2.45) is 5.41 Å². The summed E-state index contributed by atoms with van der Waals surface area (Å²) in [6, 6.07) is 0. The summed E-state index contributed by atoms with van der Waals surface area (Å²) in [5.41, 5.74) is 0.550. The van der Waals surface area contributed by atoms with Crippen LogP contribution in [0.2, 0.25) is 5.02 Å². The first-order chi connectivity index (χ1) is 9.56. The molecule has 5 nitrogen and oxygen atoms in total. The van der Waals surface area contributed by atoms with Crippen LogP contribution in [0.15, 0.2) is 23.6 Å². The number of aromatic nitrogens is 2. The monoisotopic (exact) mass is 296 g/mol. The van der Waals surface area contributed by atoms with Gasteiger partial charge in [-0.15, -0.1) is 6.58 Å². The number of hydrogen-bond acceptors (Lipinski definition) is 4. The second-order valence-corrected chi connectivity index (χ2v) is 5.94. The number of halogens is 1. The van der Waals surface area contributed by atoms with Crippen LogP contribution in [0.3, 0.4) is 0 Å². The summed E-state index contributed by atoms with van der Waals surface area (Å²) in [5.74, 6) is 0. The number of allylic oxidation sites excluding steroid dienone is 1. The Morgan fingerprint density at radius 1 is 1.60 bits per heavy atom. The van der Waals surface area contributed by atoms with Crippen LogP contribution in [-0.4, -0.2) is 29.4 Å². The third-order valence-corrected chi connectivity index (χ3v) is 4.17. The lowest BCUT2D eigenvalue weighted by Crippen LogP contribution is -2.39. The van der Waals surface area contributed by atoms with Crippen LogP contribution >= 0.6 is 11.6 Å². The van der Waals surface area contributed by atoms with Gasteiger partial charge in [0.2, 0.25) is 0 Å². The fourth-order valence-corrected chi connectivity index (χ4v) is 2.57. The van der Waals surface area contributed by atoms with Gasteiger partial charge in [0.25, 0.3) is 5.56 Å². The van der Waals surface area contributed by atoms with E-state index >= 15 is 0 Å². The van der Waals surface area contributed by atoms with Gasteiger partial charge in [0.15, 0.2) is 0 Å². The van der Waals surface area contributed by atoms with Crippen molar-refractivity contribution < 1.29 is 0 Å². The Hall–Kier alpha value is -1.33. The van der Waals surface area contributed by atoms with Crippen LogP contribution in [0, 0.1) is 5.41 Å². The van der Waals surface area contributed by atoms with Gasteiger partial charge in [-0.25, -0.2) is 4.68 Å². The highest BCUT2D eigenvalue weighted by Crippen LogP contribution is 2.28. The zero-order valence-corrected chi connectivity index (χ0v) is 12.5. The van der Waals surface area contributed by atoms with E-state index in [4.69, 9.17) is 11.6 Å². The van der Waals surface area contributed by atoms with E-state index in [1.165, 1.54) is 4.68 Å². The van der Waals surface area contributed by atoms with E-state index in [9.17, 15) is 4.79 Å². The Balaban J connectivity index is 2.08. The molecule has 1 fully saturated rings. The fraction of sp³-hybridized carbons (Fsp3) is 0.571. The molecule has 0 radical (unpaired) electrons. The van der Waals surface area contributed by atoms with Crippen molar-refractivity contribution in [3.05, 3.63) is 34.2 Å². The standard InChI is InChI=1S/C14H21ClN4O/c1-3-8-19-13(20)12(15)11(9-18-19)17-10-14(2)4-6-16-7-5-14/h3,9,16-17H,1,4-8,10H2,2H3. The quantitative estimate of drug-likeness (QED) is 0.815. The van der Waals surface area contributed by atoms with Crippen molar-refractivity contribution in [3.63, 3.8) is 0 Å². The number of nitrogens with zero attached hydrogens (tertiary/aromatic N) is 2. The summed E-state index contributed by atoms with van der Waals surface area (Å²) < 4.78 is 1.30. The maximum absolute atomic E-state index is 12.0. The maximum atomic E-state index is 12.0. The highest BCUT2D eigenvalue weighted by molar-refractivity contribution is 6.32. The molecule has 0 unspecified atom stereocenters. The summed E-state index contributed by atoms with van der Waals surface area (Å²) in [5, 5.41) is 10.9. The highest BCUT2D eigenvalue weighted by atomic mass is 35.5. The van der Waals surface area contributed by atoms with Gasteiger partial charge in [-0.3, -0.25) is 4.79 Å². The van der Waals surface area contributed by atoms with E-state index in [-0.39, 0.29) is 16.0 Å². The first-order valence-electron chi connectivity index (χ1n) is 6.87. The predicted octanol–water partition coefficient (Wildman–Crippen LogP) is 1.88. The van der Waals surface area contributed by atoms with Gasteiger partial charge in [-0.05, 0) is 31.3 Å². The molecule has 2 heterocycles. The van der Waals surface area contributed by atoms with Crippen LogP contribution < -0.4 is 16.2 Å². The molecule has 2 N–H and O–H groups in total. The normalized spacial score (nSPS) is 17.7. The third kappa shape index (κ3) is 3.41. The van der Waals surface area contributed by atoms with Crippen LogP contribution in [0.5, 0.6) is 0 Å². The topological polar surface area (TPSA) is 59.0 Å². The summed E-state index contributed by atoms with van der Waals surface area (Å²) in [6.45, 7) is 9.06. The highest BCUT2D eigenvalue weighted by Gasteiger charge is 2.26. The number of piperidine rings is 1. The molecule has 110 valence electrons. The van der Waals surface area contributed by atoms with Crippen LogP contribution in [0.1, 0.15) is 19.8 Å². The fourth-order valence-electron chi connectivity index (χ4n) is 2.36. The van der Waals surface area contributed by atoms with E-state index in [0.717, 1.165) is 32.5 Å². The number of anilines is 1. The lowest BCUT2D eigenvalue weighted by atomic mass is 9.81. The molecule has 0 bridgehead atoms. The smallest absolute Gasteiger partial charge is 0.287 e. The third-order valence-electron chi connectivity index (χ3n) is 3.80. The number of nitrogens with one attached hydrogen (secondary N) is 2. The van der Waals surface area contributed by atoms with Crippen molar-refractivity contribution in [2.45, 2.75) is 26.3 Å². The molecule has 6 heteroatoms. The molecule has 2 rings (SSSR count). The molecule has 1 aromatic heterocycles. The lowest BCUT2D eigenvalue weighted by molar-refractivity contribution is 0.247. The average molecular weight is 297 g/mol. The molecule has 0 saturated carbocycles. The molecular formula is C14H21ClN4O. The minimum absolute atomic E-state index is 0.194. The molecule has 20 heavy (non-hydrogen) atoms. The Kier molecular flexibility index (Phi) is 4.83. The lowest BCUT2D eigenvalue weighted by Gasteiger charge is -2.34. The first kappa shape index (κ1) is 15.1. The zero-order valence-electron chi connectivity index (χ0n) is 11.8. The largest absolute Gasteiger partial charge is 0.382 e. The molecule has 0 amide bonds. The van der Waals surface area contributed by atoms with Gasteiger partial charge in [-0.2, -0.15) is 5.10 Å². The summed E-state index contributed by atoms with van der Waals surface area (Å²) >= 11 is 6.11. The zero-order chi connectivity index (χ0) is 14.6. The van der Waals surface area contributed by atoms with E-state index in [1.54, 1.807) is 12.3 Å². The molecule has 0 atom stereocenters. The summed E-state index contributed by atoms with van der Waals surface area (Å²) in [6.07, 6.45) is 5.45. The Labute approximate surface area is 124 Å². The predicted molar refractivity (Wildman–Crippen MR) is 82.4 cm³/mol. The molecule has 1 aliphatic heterocycles. The van der Waals surface area contributed by atoms with Crippen LogP contribution in [0.4, 0.5) is 5.69 Å². The van der Waals surface area contributed by atoms with E-state index in [2.05, 4.69) is 29.2 Å². The van der Waals surface area contributed by atoms with Gasteiger partial charge in [0.1, 0.15) is 5.02 Å². The second kappa shape index (κ2) is 6.41. The van der Waals surface area contributed by atoms with Gasteiger partial charge in [0, 0.05) is 6.54 Å². The van der Waals surface area contributed by atoms with Crippen molar-refractivity contribution >= 4 is 17.3 Å². The van der Waals surface area contributed by atoms with Gasteiger partial charge < -0.3 is 10.6 Å². The van der Waals surface area contributed by atoms with Crippen molar-refractivity contribution in [1.82, 2.24) is 15.1 Å². The molecule has 1 saturated heterocycles. The van der Waals surface area contributed by atoms with E-state index < -0.39 is 0 Å². The second-order valence-electron chi connectivity index (χ2n) is 5.56. The van der Waals surface area contributed by atoms with Gasteiger partial charge in [0.05, 0.1) is 18.4 Å². The molecule has 1 aliphatic rings. The van der Waals surface area contributed by atoms with Crippen molar-refractivity contribution in [3.8, 4) is 0 Å². The van der Waals surface area contributed by atoms with Gasteiger partial charge >= 0.3 is 0 Å². The summed E-state index contributed by atoms with van der Waals surface area (Å²) in [4.78, 5) is 12.0. The molecular weight excluding hydrogens is 276 g/mol. The SMILES string of the molecule is C=CCn1ncc(NCC2(C)CCNCC2)c(Cl)c1=O. The van der Waals surface area contributed by atoms with Crippen molar-refractivity contribution in [1.29, 1.82) is 0 Å². The molecule has 0 spiro atoms. The van der Waals surface area contributed by atoms with E-state index in [1.807, 2.05) is 0 Å². The van der Waals surface area contributed by atoms with Crippen LogP contribution in [-0.2, 0) is 6.54 Å². The van der Waals surface area contributed by atoms with Gasteiger partial charge in [-0.1, -0.05) is 24.6 Å². The van der Waals surface area contributed by atoms with Crippen LogP contribution in [0.25, 0.3) is 0 Å². The number of hydrogen-bond donors (Lipinski definition) is 2. The Bertz CT molecular complexity index is 534. The minimum atomic E-state index is -0.285. The minimum Gasteiger partial charge on any atom is -0.382 e. The first-order valence-corrected chi connectivity index (χ1v) is 7.25. The summed E-state index contributed by atoms with van der Waals surface area (Å²) in [7, 11) is 0. The Morgan fingerprint density at radius 3 is 2.95 bits per heavy atom. The molecule has 1 aromatic rings. The number of rotatable bonds is 5. The molecule has 0 aliphatic carbocycles. The maximum Gasteiger partial charge on any atom is 0.287 e. The Morgan fingerprint density at radius 2 is 2.30 bits per heavy atom.